The number of carbonyl (C=O) groups is 1. The molecular formula is C19H18N2O4S. The van der Waals surface area contributed by atoms with Gasteiger partial charge in [0.05, 0.1) is 12.1 Å². The fourth-order valence-electron chi connectivity index (χ4n) is 2.64. The topological polar surface area (TPSA) is 85.4 Å². The van der Waals surface area contributed by atoms with Crippen LogP contribution in [0.3, 0.4) is 0 Å². The van der Waals surface area contributed by atoms with E-state index in [2.05, 4.69) is 9.71 Å². The molecular weight excluding hydrogens is 352 g/mol. The molecule has 0 saturated heterocycles. The van der Waals surface area contributed by atoms with Crippen molar-refractivity contribution < 1.29 is 17.9 Å². The second-order valence-electron chi connectivity index (χ2n) is 5.55. The average molecular weight is 370 g/mol. The second-order valence-corrected chi connectivity index (χ2v) is 7.23. The third-order valence-corrected chi connectivity index (χ3v) is 5.27. The lowest BCUT2D eigenvalue weighted by molar-refractivity contribution is -0.145. The number of hydrogen-bond acceptors (Lipinski definition) is 5. The van der Waals surface area contributed by atoms with Crippen molar-refractivity contribution in [1.82, 2.24) is 9.71 Å². The minimum atomic E-state index is -4.01. The number of sulfonamides is 1. The van der Waals surface area contributed by atoms with Gasteiger partial charge in [-0.15, -0.1) is 0 Å². The maximum absolute atomic E-state index is 13.0. The molecule has 2 aromatic carbocycles. The van der Waals surface area contributed by atoms with Gasteiger partial charge in [-0.2, -0.15) is 4.72 Å². The molecule has 1 heterocycles. The highest BCUT2D eigenvalue weighted by Gasteiger charge is 2.29. The maximum Gasteiger partial charge on any atom is 0.328 e. The van der Waals surface area contributed by atoms with E-state index in [1.165, 1.54) is 12.3 Å². The number of hydrogen-bond donors (Lipinski definition) is 1. The van der Waals surface area contributed by atoms with Crippen molar-refractivity contribution in [3.05, 3.63) is 72.4 Å². The Morgan fingerprint density at radius 3 is 2.54 bits per heavy atom. The summed E-state index contributed by atoms with van der Waals surface area (Å²) in [5.74, 6) is -0.657. The molecule has 0 amide bonds. The van der Waals surface area contributed by atoms with E-state index in [1.807, 2.05) is 0 Å². The predicted molar refractivity (Wildman–Crippen MR) is 97.9 cm³/mol. The highest BCUT2D eigenvalue weighted by atomic mass is 32.2. The summed E-state index contributed by atoms with van der Waals surface area (Å²) in [5.41, 5.74) is 0.848. The number of fused-ring (bicyclic) bond motifs is 1. The normalized spacial score (nSPS) is 12.7. The number of ether oxygens (including phenoxy) is 1. The number of aromatic nitrogens is 1. The maximum atomic E-state index is 13.0. The van der Waals surface area contributed by atoms with Crippen molar-refractivity contribution >= 4 is 26.9 Å². The monoisotopic (exact) mass is 370 g/mol. The van der Waals surface area contributed by atoms with Crippen LogP contribution < -0.4 is 4.72 Å². The quantitative estimate of drug-likeness (QED) is 0.675. The molecule has 134 valence electrons. The van der Waals surface area contributed by atoms with Crippen LogP contribution in [-0.2, 0) is 19.6 Å². The largest absolute Gasteiger partial charge is 0.465 e. The number of esters is 1. The molecule has 0 fully saturated rings. The molecule has 1 atom stereocenters. The predicted octanol–water partition coefficient (Wildman–Crippen LogP) is 2.82. The summed E-state index contributed by atoms with van der Waals surface area (Å²) in [6.07, 6.45) is 1.53. The van der Waals surface area contributed by atoms with Crippen LogP contribution in [0.15, 0.2) is 71.8 Å². The molecule has 0 aliphatic rings. The molecule has 3 aromatic rings. The van der Waals surface area contributed by atoms with E-state index in [-0.39, 0.29) is 11.5 Å². The minimum Gasteiger partial charge on any atom is -0.465 e. The molecule has 0 saturated carbocycles. The van der Waals surface area contributed by atoms with Crippen molar-refractivity contribution in [3.8, 4) is 0 Å². The number of para-hydroxylation sites is 1. The Morgan fingerprint density at radius 1 is 1.08 bits per heavy atom. The van der Waals surface area contributed by atoms with Gasteiger partial charge in [-0.25, -0.2) is 13.2 Å². The van der Waals surface area contributed by atoms with E-state index in [4.69, 9.17) is 4.74 Å². The molecule has 0 bridgehead atoms. The number of carbonyl (C=O) groups excluding carboxylic acids is 1. The average Bonchev–Trinajstić information content (AvgIpc) is 2.66. The van der Waals surface area contributed by atoms with Crippen LogP contribution >= 0.6 is 0 Å². The van der Waals surface area contributed by atoms with Gasteiger partial charge < -0.3 is 4.74 Å². The summed E-state index contributed by atoms with van der Waals surface area (Å²) in [6.45, 7) is 1.82. The Balaban J connectivity index is 2.03. The first-order valence-corrected chi connectivity index (χ1v) is 9.59. The van der Waals surface area contributed by atoms with Crippen LogP contribution in [0, 0.1) is 0 Å². The zero-order valence-corrected chi connectivity index (χ0v) is 14.9. The molecule has 1 aromatic heterocycles. The van der Waals surface area contributed by atoms with Crippen LogP contribution in [0.2, 0.25) is 0 Å². The van der Waals surface area contributed by atoms with Crippen molar-refractivity contribution in [2.24, 2.45) is 0 Å². The van der Waals surface area contributed by atoms with Gasteiger partial charge in [-0.1, -0.05) is 48.5 Å². The van der Waals surface area contributed by atoms with E-state index < -0.39 is 22.0 Å². The van der Waals surface area contributed by atoms with Gasteiger partial charge in [0.15, 0.2) is 0 Å². The lowest BCUT2D eigenvalue weighted by atomic mass is 10.1. The standard InChI is InChI=1S/C19H18N2O4S/c1-2-25-19(22)18(15-8-4-3-5-9-15)21-26(23,24)16-12-6-10-14-11-7-13-20-17(14)16/h3-13,18,21H,2H2,1H3/t18-/m1/s1. The third-order valence-electron chi connectivity index (χ3n) is 3.81. The zero-order chi connectivity index (χ0) is 18.6. The summed E-state index contributed by atoms with van der Waals surface area (Å²) < 4.78 is 33.5. The Kier molecular flexibility index (Phi) is 5.29. The number of benzene rings is 2. The van der Waals surface area contributed by atoms with Gasteiger partial charge in [0.25, 0.3) is 0 Å². The van der Waals surface area contributed by atoms with Crippen molar-refractivity contribution in [2.45, 2.75) is 17.9 Å². The molecule has 1 N–H and O–H groups in total. The first kappa shape index (κ1) is 18.0. The number of nitrogens with zero attached hydrogens (tertiary/aromatic N) is 1. The van der Waals surface area contributed by atoms with Crippen LogP contribution in [0.5, 0.6) is 0 Å². The van der Waals surface area contributed by atoms with Gasteiger partial charge in [0.1, 0.15) is 10.9 Å². The molecule has 0 unspecified atom stereocenters. The summed E-state index contributed by atoms with van der Waals surface area (Å²) in [6, 6.07) is 15.8. The van der Waals surface area contributed by atoms with Crippen LogP contribution in [0.25, 0.3) is 10.9 Å². The molecule has 6 nitrogen and oxygen atoms in total. The van der Waals surface area contributed by atoms with Gasteiger partial charge >= 0.3 is 5.97 Å². The highest BCUT2D eigenvalue weighted by Crippen LogP contribution is 2.23. The SMILES string of the molecule is CCOC(=O)[C@H](NS(=O)(=O)c1cccc2cccnc12)c1ccccc1. The third kappa shape index (κ3) is 3.74. The summed E-state index contributed by atoms with van der Waals surface area (Å²) in [4.78, 5) is 16.5. The molecule has 0 radical (unpaired) electrons. The van der Waals surface area contributed by atoms with Crippen molar-refractivity contribution in [2.75, 3.05) is 6.61 Å². The number of rotatable bonds is 6. The Hall–Kier alpha value is -2.77. The minimum absolute atomic E-state index is 0.0147. The lowest BCUT2D eigenvalue weighted by Crippen LogP contribution is -2.35. The molecule has 26 heavy (non-hydrogen) atoms. The van der Waals surface area contributed by atoms with Crippen LogP contribution in [0.1, 0.15) is 18.5 Å². The van der Waals surface area contributed by atoms with Crippen LogP contribution in [-0.4, -0.2) is 26.0 Å². The molecule has 0 aliphatic heterocycles. The lowest BCUT2D eigenvalue weighted by Gasteiger charge is -2.18. The van der Waals surface area contributed by atoms with Crippen molar-refractivity contribution in [3.63, 3.8) is 0 Å². The second kappa shape index (κ2) is 7.63. The van der Waals surface area contributed by atoms with Crippen LogP contribution in [0.4, 0.5) is 0 Å². The summed E-state index contributed by atoms with van der Waals surface area (Å²) in [7, 11) is -4.01. The Bertz CT molecular complexity index is 1010. The van der Waals surface area contributed by atoms with E-state index in [9.17, 15) is 13.2 Å². The van der Waals surface area contributed by atoms with E-state index in [0.29, 0.717) is 16.5 Å². The molecule has 3 rings (SSSR count). The molecule has 0 spiro atoms. The fourth-order valence-corrected chi connectivity index (χ4v) is 3.99. The number of pyridine rings is 1. The van der Waals surface area contributed by atoms with E-state index >= 15 is 0 Å². The van der Waals surface area contributed by atoms with Gasteiger partial charge in [0, 0.05) is 11.6 Å². The molecule has 0 aliphatic carbocycles. The summed E-state index contributed by atoms with van der Waals surface area (Å²) >= 11 is 0. The fraction of sp³-hybridized carbons (Fsp3) is 0.158. The van der Waals surface area contributed by atoms with Gasteiger partial charge in [-0.05, 0) is 24.6 Å². The first-order chi connectivity index (χ1) is 12.5. The summed E-state index contributed by atoms with van der Waals surface area (Å²) in [5, 5.41) is 0.697. The van der Waals surface area contributed by atoms with E-state index in [1.54, 1.807) is 61.5 Å². The highest BCUT2D eigenvalue weighted by molar-refractivity contribution is 7.89. The molecule has 7 heteroatoms. The van der Waals surface area contributed by atoms with Gasteiger partial charge in [0.2, 0.25) is 10.0 Å². The Morgan fingerprint density at radius 2 is 1.81 bits per heavy atom. The Labute approximate surface area is 151 Å². The van der Waals surface area contributed by atoms with Gasteiger partial charge in [-0.3, -0.25) is 4.98 Å². The first-order valence-electron chi connectivity index (χ1n) is 8.10. The number of nitrogens with one attached hydrogen (secondary N) is 1. The smallest absolute Gasteiger partial charge is 0.328 e. The zero-order valence-electron chi connectivity index (χ0n) is 14.1. The van der Waals surface area contributed by atoms with E-state index in [0.717, 1.165) is 0 Å². The van der Waals surface area contributed by atoms with Crippen molar-refractivity contribution in [1.29, 1.82) is 0 Å².